The van der Waals surface area contributed by atoms with Crippen molar-refractivity contribution in [2.45, 2.75) is 51.8 Å². The topological polar surface area (TPSA) is 59.4 Å². The number of ether oxygens (including phenoxy) is 1. The van der Waals surface area contributed by atoms with Crippen molar-refractivity contribution in [1.29, 1.82) is 0 Å². The predicted molar refractivity (Wildman–Crippen MR) is 125 cm³/mol. The standard InChI is InChI=1S/C24H29ClN4O2/c1-24(2,3)31-23(30)28-13-11-19(12-14-28)26-22-27-20-9-4-5-10-21(20)29(22)16-17-7-6-8-18(25)15-17/h4-10,15,19H,11-14,16H2,1-3H3,(H,26,27). The Bertz CT molecular complexity index is 1060. The summed E-state index contributed by atoms with van der Waals surface area (Å²) in [4.78, 5) is 19.0. The molecule has 2 aromatic carbocycles. The Hall–Kier alpha value is -2.73. The Morgan fingerprint density at radius 1 is 1.16 bits per heavy atom. The van der Waals surface area contributed by atoms with E-state index >= 15 is 0 Å². The molecule has 1 N–H and O–H groups in total. The molecule has 1 aromatic heterocycles. The van der Waals surface area contributed by atoms with Gasteiger partial charge in [-0.05, 0) is 63.4 Å². The van der Waals surface area contributed by atoms with Gasteiger partial charge in [0, 0.05) is 24.2 Å². The van der Waals surface area contributed by atoms with Gasteiger partial charge in [-0.1, -0.05) is 35.9 Å². The molecule has 1 fully saturated rings. The summed E-state index contributed by atoms with van der Waals surface area (Å²) in [5, 5.41) is 4.35. The third kappa shape index (κ3) is 5.31. The second kappa shape index (κ2) is 8.79. The lowest BCUT2D eigenvalue weighted by atomic mass is 10.1. The van der Waals surface area contributed by atoms with Gasteiger partial charge < -0.3 is 19.5 Å². The van der Waals surface area contributed by atoms with Gasteiger partial charge >= 0.3 is 6.09 Å². The van der Waals surface area contributed by atoms with Crippen molar-refractivity contribution < 1.29 is 9.53 Å². The summed E-state index contributed by atoms with van der Waals surface area (Å²) in [6.45, 7) is 7.69. The Morgan fingerprint density at radius 2 is 1.90 bits per heavy atom. The minimum Gasteiger partial charge on any atom is -0.444 e. The lowest BCUT2D eigenvalue weighted by Crippen LogP contribution is -2.44. The molecule has 6 nitrogen and oxygen atoms in total. The highest BCUT2D eigenvalue weighted by atomic mass is 35.5. The van der Waals surface area contributed by atoms with Crippen LogP contribution in [0.25, 0.3) is 11.0 Å². The summed E-state index contributed by atoms with van der Waals surface area (Å²) in [7, 11) is 0. The molecule has 0 unspecified atom stereocenters. The van der Waals surface area contributed by atoms with Crippen molar-refractivity contribution >= 4 is 34.7 Å². The van der Waals surface area contributed by atoms with Crippen molar-refractivity contribution in [1.82, 2.24) is 14.5 Å². The van der Waals surface area contributed by atoms with Crippen molar-refractivity contribution in [3.8, 4) is 0 Å². The Morgan fingerprint density at radius 3 is 2.61 bits per heavy atom. The SMILES string of the molecule is CC(C)(C)OC(=O)N1CCC(Nc2nc3ccccc3n2Cc2cccc(Cl)c2)CC1. The lowest BCUT2D eigenvalue weighted by Gasteiger charge is -2.34. The van der Waals surface area contributed by atoms with E-state index < -0.39 is 5.60 Å². The number of anilines is 1. The maximum absolute atomic E-state index is 12.3. The summed E-state index contributed by atoms with van der Waals surface area (Å²) in [6, 6.07) is 16.3. The summed E-state index contributed by atoms with van der Waals surface area (Å²) in [5.74, 6) is 0.844. The minimum absolute atomic E-state index is 0.237. The molecule has 4 rings (SSSR count). The molecule has 0 spiro atoms. The van der Waals surface area contributed by atoms with Crippen LogP contribution in [0.4, 0.5) is 10.7 Å². The van der Waals surface area contributed by atoms with E-state index in [1.165, 1.54) is 0 Å². The van der Waals surface area contributed by atoms with Crippen LogP contribution in [0.5, 0.6) is 0 Å². The number of halogens is 1. The monoisotopic (exact) mass is 440 g/mol. The normalized spacial score (nSPS) is 15.3. The quantitative estimate of drug-likeness (QED) is 0.577. The van der Waals surface area contributed by atoms with E-state index in [0.717, 1.165) is 40.4 Å². The zero-order valence-corrected chi connectivity index (χ0v) is 19.0. The number of hydrogen-bond acceptors (Lipinski definition) is 4. The average Bonchev–Trinajstić information content (AvgIpc) is 3.04. The highest BCUT2D eigenvalue weighted by Gasteiger charge is 2.27. The fourth-order valence-corrected chi connectivity index (χ4v) is 4.09. The van der Waals surface area contributed by atoms with Crippen LogP contribution in [-0.4, -0.2) is 45.3 Å². The summed E-state index contributed by atoms with van der Waals surface area (Å²) in [5.41, 5.74) is 2.69. The number of nitrogens with zero attached hydrogens (tertiary/aromatic N) is 3. The number of hydrogen-bond donors (Lipinski definition) is 1. The van der Waals surface area contributed by atoms with Crippen molar-refractivity contribution in [3.05, 3.63) is 59.1 Å². The molecular weight excluding hydrogens is 412 g/mol. The lowest BCUT2D eigenvalue weighted by molar-refractivity contribution is 0.0210. The van der Waals surface area contributed by atoms with Crippen LogP contribution in [-0.2, 0) is 11.3 Å². The third-order valence-electron chi connectivity index (χ3n) is 5.36. The van der Waals surface area contributed by atoms with Crippen LogP contribution in [0.3, 0.4) is 0 Å². The molecule has 0 atom stereocenters. The van der Waals surface area contributed by atoms with E-state index in [1.54, 1.807) is 4.90 Å². The fraction of sp³-hybridized carbons (Fsp3) is 0.417. The molecule has 1 saturated heterocycles. The Balaban J connectivity index is 1.48. The third-order valence-corrected chi connectivity index (χ3v) is 5.60. The molecule has 0 radical (unpaired) electrons. The number of benzene rings is 2. The fourth-order valence-electron chi connectivity index (χ4n) is 3.88. The molecule has 0 aliphatic carbocycles. The Labute approximate surface area is 188 Å². The molecule has 31 heavy (non-hydrogen) atoms. The number of nitrogens with one attached hydrogen (secondary N) is 1. The number of carbonyl (C=O) groups excluding carboxylic acids is 1. The van der Waals surface area contributed by atoms with E-state index in [2.05, 4.69) is 22.0 Å². The molecule has 3 aromatic rings. The zero-order valence-electron chi connectivity index (χ0n) is 18.3. The van der Waals surface area contributed by atoms with Gasteiger partial charge in [-0.2, -0.15) is 0 Å². The maximum atomic E-state index is 12.3. The first-order chi connectivity index (χ1) is 14.8. The van der Waals surface area contributed by atoms with E-state index in [4.69, 9.17) is 21.3 Å². The molecule has 164 valence electrons. The number of amides is 1. The molecule has 0 bridgehead atoms. The first-order valence-electron chi connectivity index (χ1n) is 10.7. The van der Waals surface area contributed by atoms with Crippen molar-refractivity contribution in [2.24, 2.45) is 0 Å². The van der Waals surface area contributed by atoms with Gasteiger partial charge in [0.1, 0.15) is 5.60 Å². The Kier molecular flexibility index (Phi) is 6.10. The largest absolute Gasteiger partial charge is 0.444 e. The van der Waals surface area contributed by atoms with Crippen LogP contribution >= 0.6 is 11.6 Å². The van der Waals surface area contributed by atoms with E-state index in [0.29, 0.717) is 19.6 Å². The number of carbonyl (C=O) groups is 1. The summed E-state index contributed by atoms with van der Waals surface area (Å²) < 4.78 is 7.70. The van der Waals surface area contributed by atoms with Gasteiger partial charge in [-0.3, -0.25) is 0 Å². The summed E-state index contributed by atoms with van der Waals surface area (Å²) >= 11 is 6.19. The number of para-hydroxylation sites is 2. The van der Waals surface area contributed by atoms with Crippen LogP contribution in [0.1, 0.15) is 39.2 Å². The van der Waals surface area contributed by atoms with E-state index in [9.17, 15) is 4.79 Å². The highest BCUT2D eigenvalue weighted by Crippen LogP contribution is 2.25. The number of imidazole rings is 1. The van der Waals surface area contributed by atoms with Gasteiger partial charge in [0.05, 0.1) is 17.6 Å². The van der Waals surface area contributed by atoms with Gasteiger partial charge in [0.15, 0.2) is 0 Å². The van der Waals surface area contributed by atoms with E-state index in [-0.39, 0.29) is 12.1 Å². The van der Waals surface area contributed by atoms with Crippen LogP contribution in [0, 0.1) is 0 Å². The van der Waals surface area contributed by atoms with Crippen LogP contribution in [0.15, 0.2) is 48.5 Å². The van der Waals surface area contributed by atoms with Crippen LogP contribution < -0.4 is 5.32 Å². The molecule has 1 amide bonds. The predicted octanol–water partition coefficient (Wildman–Crippen LogP) is 5.55. The molecule has 1 aliphatic rings. The molecule has 2 heterocycles. The van der Waals surface area contributed by atoms with Gasteiger partial charge in [-0.25, -0.2) is 9.78 Å². The van der Waals surface area contributed by atoms with Crippen LogP contribution in [0.2, 0.25) is 5.02 Å². The first kappa shape index (κ1) is 21.5. The van der Waals surface area contributed by atoms with E-state index in [1.807, 2.05) is 57.2 Å². The molecule has 7 heteroatoms. The smallest absolute Gasteiger partial charge is 0.410 e. The number of rotatable bonds is 4. The molecule has 1 aliphatic heterocycles. The maximum Gasteiger partial charge on any atom is 0.410 e. The van der Waals surface area contributed by atoms with Gasteiger partial charge in [0.25, 0.3) is 0 Å². The first-order valence-corrected chi connectivity index (χ1v) is 11.1. The van der Waals surface area contributed by atoms with Crippen molar-refractivity contribution in [2.75, 3.05) is 18.4 Å². The van der Waals surface area contributed by atoms with Gasteiger partial charge in [-0.15, -0.1) is 0 Å². The summed E-state index contributed by atoms with van der Waals surface area (Å²) in [6.07, 6.45) is 1.46. The highest BCUT2D eigenvalue weighted by molar-refractivity contribution is 6.30. The van der Waals surface area contributed by atoms with Gasteiger partial charge in [0.2, 0.25) is 5.95 Å². The number of piperidine rings is 1. The van der Waals surface area contributed by atoms with Crippen molar-refractivity contribution in [3.63, 3.8) is 0 Å². The average molecular weight is 441 g/mol. The molecular formula is C24H29ClN4O2. The second-order valence-corrected chi connectivity index (χ2v) is 9.46. The number of aromatic nitrogens is 2. The zero-order chi connectivity index (χ0) is 22.0. The second-order valence-electron chi connectivity index (χ2n) is 9.03. The number of fused-ring (bicyclic) bond motifs is 1. The molecule has 0 saturated carbocycles. The number of likely N-dealkylation sites (tertiary alicyclic amines) is 1. The minimum atomic E-state index is -0.475.